The molecule has 31 heavy (non-hydrogen) atoms. The zero-order valence-corrected chi connectivity index (χ0v) is 16.5. The molecule has 0 spiro atoms. The molecule has 4 rings (SSSR count). The summed E-state index contributed by atoms with van der Waals surface area (Å²) in [4.78, 5) is 17.3. The van der Waals surface area contributed by atoms with Gasteiger partial charge in [-0.2, -0.15) is 0 Å². The maximum atomic E-state index is 13.5. The fourth-order valence-electron chi connectivity index (χ4n) is 3.17. The lowest BCUT2D eigenvalue weighted by atomic mass is 10.1. The minimum absolute atomic E-state index is 0.189. The second-order valence-corrected chi connectivity index (χ2v) is 6.77. The summed E-state index contributed by atoms with van der Waals surface area (Å²) in [5.41, 5.74) is 2.36. The van der Waals surface area contributed by atoms with E-state index in [9.17, 15) is 13.6 Å². The van der Waals surface area contributed by atoms with Crippen molar-refractivity contribution in [1.29, 1.82) is 0 Å². The minimum Gasteiger partial charge on any atom is -0.422 e. The van der Waals surface area contributed by atoms with E-state index in [0.717, 1.165) is 11.0 Å². The summed E-state index contributed by atoms with van der Waals surface area (Å²) in [5.74, 6) is -0.792. The average molecular weight is 416 g/mol. The Morgan fingerprint density at radius 2 is 1.55 bits per heavy atom. The molecule has 0 aliphatic rings. The van der Waals surface area contributed by atoms with Crippen molar-refractivity contribution in [3.63, 3.8) is 0 Å². The summed E-state index contributed by atoms with van der Waals surface area (Å²) >= 11 is 0. The van der Waals surface area contributed by atoms with Gasteiger partial charge in [-0.05, 0) is 60.7 Å². The zero-order valence-electron chi connectivity index (χ0n) is 16.5. The molecule has 6 heteroatoms. The fourth-order valence-corrected chi connectivity index (χ4v) is 3.17. The van der Waals surface area contributed by atoms with Gasteiger partial charge in [-0.25, -0.2) is 18.6 Å². The fraction of sp³-hybridized carbons (Fsp3) is 0.0400. The SMILES string of the molecule is C=CCn1c(/C=C(\OC(=O)c2ccc(F)cc2)c2ccc(F)cc2)nc2ccccc21. The Kier molecular flexibility index (Phi) is 5.71. The lowest BCUT2D eigenvalue weighted by Gasteiger charge is -2.10. The monoisotopic (exact) mass is 416 g/mol. The predicted molar refractivity (Wildman–Crippen MR) is 116 cm³/mol. The number of hydrogen-bond acceptors (Lipinski definition) is 3. The van der Waals surface area contributed by atoms with Crippen molar-refractivity contribution in [3.8, 4) is 0 Å². The van der Waals surface area contributed by atoms with Crippen LogP contribution in [0.25, 0.3) is 22.9 Å². The van der Waals surface area contributed by atoms with Crippen molar-refractivity contribution in [1.82, 2.24) is 9.55 Å². The third kappa shape index (κ3) is 4.43. The largest absolute Gasteiger partial charge is 0.422 e. The number of fused-ring (bicyclic) bond motifs is 1. The van der Waals surface area contributed by atoms with Crippen LogP contribution in [0.3, 0.4) is 0 Å². The molecule has 0 aliphatic heterocycles. The van der Waals surface area contributed by atoms with Gasteiger partial charge in [0.2, 0.25) is 0 Å². The Morgan fingerprint density at radius 1 is 0.935 bits per heavy atom. The molecule has 0 radical (unpaired) electrons. The van der Waals surface area contributed by atoms with Gasteiger partial charge in [0.15, 0.2) is 0 Å². The third-order valence-corrected chi connectivity index (χ3v) is 4.67. The highest BCUT2D eigenvalue weighted by Gasteiger charge is 2.15. The molecule has 1 aromatic heterocycles. The summed E-state index contributed by atoms with van der Waals surface area (Å²) in [6.45, 7) is 4.29. The second-order valence-electron chi connectivity index (χ2n) is 6.77. The van der Waals surface area contributed by atoms with Crippen molar-refractivity contribution in [3.05, 3.63) is 114 Å². The van der Waals surface area contributed by atoms with Gasteiger partial charge in [0.1, 0.15) is 23.2 Å². The predicted octanol–water partition coefficient (Wildman–Crippen LogP) is 5.86. The highest BCUT2D eigenvalue weighted by Crippen LogP contribution is 2.24. The van der Waals surface area contributed by atoms with E-state index >= 15 is 0 Å². The van der Waals surface area contributed by atoms with Crippen LogP contribution in [0.4, 0.5) is 8.78 Å². The van der Waals surface area contributed by atoms with Crippen LogP contribution in [-0.2, 0) is 11.3 Å². The Bertz CT molecular complexity index is 1270. The minimum atomic E-state index is -0.665. The standard InChI is InChI=1S/C25H18F2N2O2/c1-2-15-29-22-6-4-3-5-21(22)28-24(29)16-23(17-7-11-19(26)12-8-17)31-25(30)18-9-13-20(27)14-10-18/h2-14,16H,1,15H2/b23-16-. The number of para-hydroxylation sites is 2. The van der Waals surface area contributed by atoms with E-state index < -0.39 is 17.6 Å². The van der Waals surface area contributed by atoms with Crippen LogP contribution in [-0.4, -0.2) is 15.5 Å². The molecule has 0 aliphatic carbocycles. The molecule has 4 aromatic rings. The second kappa shape index (κ2) is 8.75. The zero-order chi connectivity index (χ0) is 21.8. The van der Waals surface area contributed by atoms with Gasteiger partial charge in [0, 0.05) is 18.2 Å². The van der Waals surface area contributed by atoms with Crippen molar-refractivity contribution < 1.29 is 18.3 Å². The topological polar surface area (TPSA) is 44.1 Å². The first kappa shape index (κ1) is 20.2. The molecule has 0 unspecified atom stereocenters. The highest BCUT2D eigenvalue weighted by molar-refractivity contribution is 5.95. The molecular formula is C25H18F2N2O2. The Balaban J connectivity index is 1.80. The number of halogens is 2. The molecule has 0 bridgehead atoms. The van der Waals surface area contributed by atoms with Gasteiger partial charge < -0.3 is 9.30 Å². The number of carbonyl (C=O) groups excluding carboxylic acids is 1. The first-order chi connectivity index (χ1) is 15.0. The van der Waals surface area contributed by atoms with E-state index in [-0.39, 0.29) is 11.3 Å². The lowest BCUT2D eigenvalue weighted by molar-refractivity contribution is 0.0693. The summed E-state index contributed by atoms with van der Waals surface area (Å²) in [7, 11) is 0. The van der Waals surface area contributed by atoms with Gasteiger partial charge in [0.25, 0.3) is 0 Å². The summed E-state index contributed by atoms with van der Waals surface area (Å²) < 4.78 is 34.2. The molecule has 0 fully saturated rings. The van der Waals surface area contributed by atoms with Crippen molar-refractivity contribution >= 4 is 28.8 Å². The van der Waals surface area contributed by atoms with Gasteiger partial charge in [0.05, 0.1) is 16.6 Å². The molecule has 1 heterocycles. The van der Waals surface area contributed by atoms with Gasteiger partial charge in [-0.1, -0.05) is 18.2 Å². The molecule has 3 aromatic carbocycles. The summed E-state index contributed by atoms with van der Waals surface area (Å²) in [6.07, 6.45) is 3.37. The van der Waals surface area contributed by atoms with Crippen molar-refractivity contribution in [2.75, 3.05) is 0 Å². The van der Waals surface area contributed by atoms with Crippen molar-refractivity contribution in [2.24, 2.45) is 0 Å². The van der Waals surface area contributed by atoms with E-state index in [1.807, 2.05) is 28.8 Å². The number of rotatable bonds is 6. The number of hydrogen-bond donors (Lipinski definition) is 0. The number of carbonyl (C=O) groups is 1. The third-order valence-electron chi connectivity index (χ3n) is 4.67. The number of esters is 1. The normalized spacial score (nSPS) is 11.5. The van der Waals surface area contributed by atoms with Crippen LogP contribution in [0.15, 0.2) is 85.5 Å². The highest BCUT2D eigenvalue weighted by atomic mass is 19.1. The number of ether oxygens (including phenoxy) is 1. The Morgan fingerprint density at radius 3 is 2.19 bits per heavy atom. The first-order valence-electron chi connectivity index (χ1n) is 9.56. The Hall–Kier alpha value is -4.06. The molecule has 4 nitrogen and oxygen atoms in total. The van der Waals surface area contributed by atoms with E-state index in [2.05, 4.69) is 11.6 Å². The number of benzene rings is 3. The van der Waals surface area contributed by atoms with E-state index in [4.69, 9.17) is 4.74 Å². The van der Waals surface area contributed by atoms with Gasteiger partial charge in [-0.3, -0.25) is 0 Å². The molecule has 0 amide bonds. The number of imidazole rings is 1. The maximum Gasteiger partial charge on any atom is 0.343 e. The average Bonchev–Trinajstić information content (AvgIpc) is 3.12. The van der Waals surface area contributed by atoms with Crippen molar-refractivity contribution in [2.45, 2.75) is 6.54 Å². The number of allylic oxidation sites excluding steroid dienone is 1. The van der Waals surface area contributed by atoms with Crippen LogP contribution >= 0.6 is 0 Å². The maximum absolute atomic E-state index is 13.5. The smallest absolute Gasteiger partial charge is 0.343 e. The number of aromatic nitrogens is 2. The molecular weight excluding hydrogens is 398 g/mol. The van der Waals surface area contributed by atoms with Gasteiger partial charge in [-0.15, -0.1) is 6.58 Å². The van der Waals surface area contributed by atoms with Crippen LogP contribution in [0, 0.1) is 11.6 Å². The molecule has 154 valence electrons. The van der Waals surface area contributed by atoms with Crippen LogP contribution in [0.1, 0.15) is 21.7 Å². The number of nitrogens with zero attached hydrogens (tertiary/aromatic N) is 2. The molecule has 0 saturated heterocycles. The Labute approximate surface area is 177 Å². The molecule has 0 N–H and O–H groups in total. The first-order valence-corrected chi connectivity index (χ1v) is 9.56. The quantitative estimate of drug-likeness (QED) is 0.225. The molecule has 0 saturated carbocycles. The summed E-state index contributed by atoms with van der Waals surface area (Å²) in [6, 6.07) is 18.2. The van der Waals surface area contributed by atoms with E-state index in [0.29, 0.717) is 17.9 Å². The van der Waals surface area contributed by atoms with Crippen LogP contribution in [0.2, 0.25) is 0 Å². The van der Waals surface area contributed by atoms with Crippen LogP contribution in [0.5, 0.6) is 0 Å². The van der Waals surface area contributed by atoms with Crippen LogP contribution < -0.4 is 0 Å². The van der Waals surface area contributed by atoms with Gasteiger partial charge >= 0.3 is 5.97 Å². The van der Waals surface area contributed by atoms with E-state index in [1.165, 1.54) is 48.5 Å². The lowest BCUT2D eigenvalue weighted by Crippen LogP contribution is -2.06. The van der Waals surface area contributed by atoms with E-state index in [1.54, 1.807) is 12.2 Å². The summed E-state index contributed by atoms with van der Waals surface area (Å²) in [5, 5.41) is 0. The molecule has 0 atom stereocenters.